The van der Waals surface area contributed by atoms with Crippen molar-refractivity contribution in [3.8, 4) is 12.1 Å². The van der Waals surface area contributed by atoms with Crippen LogP contribution in [0.5, 0.6) is 0 Å². The van der Waals surface area contributed by atoms with Gasteiger partial charge in [-0.25, -0.2) is 0 Å². The van der Waals surface area contributed by atoms with E-state index in [1.807, 2.05) is 13.8 Å². The van der Waals surface area contributed by atoms with E-state index in [-0.39, 0.29) is 11.3 Å². The summed E-state index contributed by atoms with van der Waals surface area (Å²) in [5, 5.41) is 17.9. The molecule has 2 nitrogen and oxygen atoms in total. The quantitative estimate of drug-likeness (QED) is 0.594. The van der Waals surface area contributed by atoms with E-state index in [1.54, 1.807) is 0 Å². The smallest absolute Gasteiger partial charge is 0.152 e. The van der Waals surface area contributed by atoms with Crippen molar-refractivity contribution < 1.29 is 0 Å². The molecule has 0 aliphatic heterocycles. The molecule has 0 heterocycles. The zero-order valence-corrected chi connectivity index (χ0v) is 8.05. The summed E-state index contributed by atoms with van der Waals surface area (Å²) in [5.41, 5.74) is -0.841. The molecular weight excluding hydrogens is 148 g/mol. The largest absolute Gasteiger partial charge is 0.197 e. The summed E-state index contributed by atoms with van der Waals surface area (Å²) in [5.74, 6) is 0.652. The second-order valence-electron chi connectivity index (χ2n) is 4.47. The predicted molar refractivity (Wildman–Crippen MR) is 45.8 cm³/mol. The van der Waals surface area contributed by atoms with Crippen LogP contribution in [0.25, 0.3) is 0 Å². The Morgan fingerprint density at radius 2 is 1.58 bits per heavy atom. The number of rotatable bonds is 1. The summed E-state index contributed by atoms with van der Waals surface area (Å²) in [4.78, 5) is 0. The van der Waals surface area contributed by atoms with E-state index in [4.69, 9.17) is 10.5 Å². The molecular formula is C10H14N2. The van der Waals surface area contributed by atoms with Crippen LogP contribution in [-0.4, -0.2) is 0 Å². The lowest BCUT2D eigenvalue weighted by Gasteiger charge is -2.02. The number of hydrogen-bond acceptors (Lipinski definition) is 2. The van der Waals surface area contributed by atoms with Crippen molar-refractivity contribution in [2.24, 2.45) is 22.7 Å². The highest BCUT2D eigenvalue weighted by atomic mass is 14.7. The van der Waals surface area contributed by atoms with Crippen LogP contribution in [0.3, 0.4) is 0 Å². The SMILES string of the molecule is CC(C)C1C(C)(C)C1(C#N)C#N. The Hall–Kier alpha value is -1.02. The number of nitriles is 2. The fourth-order valence-electron chi connectivity index (χ4n) is 2.59. The molecule has 0 N–H and O–H groups in total. The first-order chi connectivity index (χ1) is 5.44. The molecule has 1 unspecified atom stereocenters. The zero-order valence-electron chi connectivity index (χ0n) is 8.05. The van der Waals surface area contributed by atoms with Crippen LogP contribution >= 0.6 is 0 Å². The Labute approximate surface area is 73.8 Å². The van der Waals surface area contributed by atoms with Crippen LogP contribution in [-0.2, 0) is 0 Å². The summed E-state index contributed by atoms with van der Waals surface area (Å²) in [6.07, 6.45) is 0. The van der Waals surface area contributed by atoms with Gasteiger partial charge < -0.3 is 0 Å². The van der Waals surface area contributed by atoms with Gasteiger partial charge in [0, 0.05) is 11.3 Å². The predicted octanol–water partition coefficient (Wildman–Crippen LogP) is 2.33. The first-order valence-electron chi connectivity index (χ1n) is 4.26. The topological polar surface area (TPSA) is 47.6 Å². The van der Waals surface area contributed by atoms with Gasteiger partial charge in [-0.05, 0) is 5.92 Å². The van der Waals surface area contributed by atoms with E-state index in [0.717, 1.165) is 0 Å². The molecule has 64 valence electrons. The Balaban J connectivity index is 3.02. The molecule has 12 heavy (non-hydrogen) atoms. The molecule has 0 amide bonds. The molecule has 1 fully saturated rings. The molecule has 0 bridgehead atoms. The van der Waals surface area contributed by atoms with Gasteiger partial charge in [-0.15, -0.1) is 0 Å². The summed E-state index contributed by atoms with van der Waals surface area (Å²) in [7, 11) is 0. The van der Waals surface area contributed by atoms with E-state index in [2.05, 4.69) is 26.0 Å². The molecule has 1 rings (SSSR count). The lowest BCUT2D eigenvalue weighted by molar-refractivity contribution is 0.451. The van der Waals surface area contributed by atoms with Gasteiger partial charge >= 0.3 is 0 Å². The van der Waals surface area contributed by atoms with Crippen molar-refractivity contribution >= 4 is 0 Å². The maximum Gasteiger partial charge on any atom is 0.152 e. The van der Waals surface area contributed by atoms with Crippen LogP contribution in [0.15, 0.2) is 0 Å². The average Bonchev–Trinajstić information content (AvgIpc) is 2.47. The van der Waals surface area contributed by atoms with Crippen molar-refractivity contribution in [2.75, 3.05) is 0 Å². The highest BCUT2D eigenvalue weighted by Crippen LogP contribution is 2.70. The fraction of sp³-hybridized carbons (Fsp3) is 0.800. The van der Waals surface area contributed by atoms with Crippen molar-refractivity contribution in [3.05, 3.63) is 0 Å². The zero-order chi connectivity index (χ0) is 9.57. The van der Waals surface area contributed by atoms with Crippen LogP contribution in [0.1, 0.15) is 27.7 Å². The third-order valence-electron chi connectivity index (χ3n) is 3.20. The second-order valence-corrected chi connectivity index (χ2v) is 4.47. The molecule has 0 saturated heterocycles. The van der Waals surface area contributed by atoms with Crippen LogP contribution < -0.4 is 0 Å². The first kappa shape index (κ1) is 9.07. The fourth-order valence-corrected chi connectivity index (χ4v) is 2.59. The minimum atomic E-state index is -0.721. The second kappa shape index (κ2) is 2.23. The molecule has 0 aromatic heterocycles. The van der Waals surface area contributed by atoms with E-state index in [0.29, 0.717) is 5.92 Å². The van der Waals surface area contributed by atoms with Crippen LogP contribution in [0.2, 0.25) is 0 Å². The average molecular weight is 162 g/mol. The highest BCUT2D eigenvalue weighted by Gasteiger charge is 2.73. The summed E-state index contributed by atoms with van der Waals surface area (Å²) < 4.78 is 0. The summed E-state index contributed by atoms with van der Waals surface area (Å²) >= 11 is 0. The maximum absolute atomic E-state index is 8.94. The van der Waals surface area contributed by atoms with Crippen LogP contribution in [0, 0.1) is 45.3 Å². The van der Waals surface area contributed by atoms with Gasteiger partial charge in [-0.3, -0.25) is 0 Å². The van der Waals surface area contributed by atoms with Gasteiger partial charge in [-0.1, -0.05) is 27.7 Å². The van der Waals surface area contributed by atoms with Crippen molar-refractivity contribution in [3.63, 3.8) is 0 Å². The Bertz CT molecular complexity index is 261. The molecule has 1 saturated carbocycles. The standard InChI is InChI=1S/C10H14N2/c1-7(2)8-9(3,4)10(8,5-11)6-12/h7-8H,1-4H3. The van der Waals surface area contributed by atoms with Crippen molar-refractivity contribution in [2.45, 2.75) is 27.7 Å². The molecule has 0 aromatic carbocycles. The van der Waals surface area contributed by atoms with E-state index in [9.17, 15) is 0 Å². The van der Waals surface area contributed by atoms with Crippen molar-refractivity contribution in [1.82, 2.24) is 0 Å². The normalized spacial score (nSPS) is 29.1. The first-order valence-corrected chi connectivity index (χ1v) is 4.26. The van der Waals surface area contributed by atoms with Crippen LogP contribution in [0.4, 0.5) is 0 Å². The molecule has 0 spiro atoms. The van der Waals surface area contributed by atoms with Gasteiger partial charge in [0.1, 0.15) is 0 Å². The molecule has 0 radical (unpaired) electrons. The number of nitrogens with zero attached hydrogens (tertiary/aromatic N) is 2. The van der Waals surface area contributed by atoms with Gasteiger partial charge in [0.15, 0.2) is 5.41 Å². The van der Waals surface area contributed by atoms with E-state index < -0.39 is 5.41 Å². The number of hydrogen-bond donors (Lipinski definition) is 0. The lowest BCUT2D eigenvalue weighted by atomic mass is 9.99. The molecule has 2 heteroatoms. The summed E-state index contributed by atoms with van der Waals surface area (Å²) in [6.45, 7) is 8.15. The monoisotopic (exact) mass is 162 g/mol. The summed E-state index contributed by atoms with van der Waals surface area (Å²) in [6, 6.07) is 4.33. The van der Waals surface area contributed by atoms with Gasteiger partial charge in [-0.2, -0.15) is 10.5 Å². The minimum absolute atomic E-state index is 0.120. The Morgan fingerprint density at radius 1 is 1.17 bits per heavy atom. The minimum Gasteiger partial charge on any atom is -0.197 e. The highest BCUT2D eigenvalue weighted by molar-refractivity contribution is 5.37. The molecule has 1 atom stereocenters. The van der Waals surface area contributed by atoms with Gasteiger partial charge in [0.05, 0.1) is 12.1 Å². The Kier molecular flexibility index (Phi) is 1.69. The Morgan fingerprint density at radius 3 is 1.67 bits per heavy atom. The van der Waals surface area contributed by atoms with Gasteiger partial charge in [0.2, 0.25) is 0 Å². The van der Waals surface area contributed by atoms with E-state index >= 15 is 0 Å². The molecule has 0 aromatic rings. The van der Waals surface area contributed by atoms with Crippen molar-refractivity contribution in [1.29, 1.82) is 10.5 Å². The third kappa shape index (κ3) is 0.730. The lowest BCUT2D eigenvalue weighted by Crippen LogP contribution is -2.02. The maximum atomic E-state index is 8.94. The molecule has 1 aliphatic carbocycles. The van der Waals surface area contributed by atoms with E-state index in [1.165, 1.54) is 0 Å². The third-order valence-corrected chi connectivity index (χ3v) is 3.20. The molecule has 1 aliphatic rings. The van der Waals surface area contributed by atoms with Gasteiger partial charge in [0.25, 0.3) is 0 Å².